The maximum atomic E-state index is 11.3. The van der Waals surface area contributed by atoms with E-state index in [4.69, 9.17) is 10.00 Å². The molecule has 0 aliphatic heterocycles. The van der Waals surface area contributed by atoms with Crippen molar-refractivity contribution in [2.24, 2.45) is 0 Å². The van der Waals surface area contributed by atoms with Gasteiger partial charge in [-0.05, 0) is 38.6 Å². The summed E-state index contributed by atoms with van der Waals surface area (Å²) in [6, 6.07) is 9.71. The fourth-order valence-electron chi connectivity index (χ4n) is 1.76. The van der Waals surface area contributed by atoms with E-state index in [9.17, 15) is 4.79 Å². The van der Waals surface area contributed by atoms with Gasteiger partial charge in [-0.1, -0.05) is 12.1 Å². The molecular weight excluding hydrogens is 240 g/mol. The third kappa shape index (κ3) is 6.03. The number of Topliss-reactive ketones (excluding diaryl/α,β-unsaturated/α-hetero) is 1. The van der Waals surface area contributed by atoms with Gasteiger partial charge in [0.2, 0.25) is 0 Å². The fourth-order valence-corrected chi connectivity index (χ4v) is 1.76. The summed E-state index contributed by atoms with van der Waals surface area (Å²) in [5, 5.41) is 8.44. The molecule has 1 aromatic rings. The highest BCUT2D eigenvalue weighted by Gasteiger charge is 2.07. The Morgan fingerprint density at radius 3 is 2.53 bits per heavy atom. The minimum atomic E-state index is -0.0511. The standard InChI is InChI=1S/C15H20N2O2/c1-12(2)19-15-6-4-13(5-7-15)10-17(3)11-14(18)8-9-16/h4-7,12H,8,10-11H2,1-3H3. The monoisotopic (exact) mass is 260 g/mol. The van der Waals surface area contributed by atoms with Gasteiger partial charge in [0.15, 0.2) is 5.78 Å². The lowest BCUT2D eigenvalue weighted by Crippen LogP contribution is -2.25. The molecule has 0 bridgehead atoms. The zero-order valence-corrected chi connectivity index (χ0v) is 11.7. The molecule has 0 saturated carbocycles. The molecule has 1 aromatic carbocycles. The van der Waals surface area contributed by atoms with Crippen LogP contribution < -0.4 is 4.74 Å². The van der Waals surface area contributed by atoms with E-state index >= 15 is 0 Å². The normalized spacial score (nSPS) is 10.5. The molecule has 1 rings (SSSR count). The van der Waals surface area contributed by atoms with Crippen molar-refractivity contribution in [3.63, 3.8) is 0 Å². The van der Waals surface area contributed by atoms with Crippen LogP contribution in [-0.2, 0) is 11.3 Å². The van der Waals surface area contributed by atoms with E-state index in [1.807, 2.05) is 56.1 Å². The molecular formula is C15H20N2O2. The lowest BCUT2D eigenvalue weighted by atomic mass is 10.2. The third-order valence-corrected chi connectivity index (χ3v) is 2.47. The quantitative estimate of drug-likeness (QED) is 0.755. The molecule has 0 amide bonds. The van der Waals surface area contributed by atoms with Gasteiger partial charge in [-0.2, -0.15) is 5.26 Å². The summed E-state index contributed by atoms with van der Waals surface area (Å²) >= 11 is 0. The number of carbonyl (C=O) groups excluding carboxylic acids is 1. The molecule has 0 aromatic heterocycles. The van der Waals surface area contributed by atoms with Crippen molar-refractivity contribution < 1.29 is 9.53 Å². The Kier molecular flexibility index (Phi) is 6.04. The number of nitrogens with zero attached hydrogens (tertiary/aromatic N) is 2. The van der Waals surface area contributed by atoms with E-state index in [1.54, 1.807) is 0 Å². The Bertz CT molecular complexity index is 446. The minimum absolute atomic E-state index is 0.0223. The Morgan fingerprint density at radius 2 is 2.00 bits per heavy atom. The number of ether oxygens (including phenoxy) is 1. The lowest BCUT2D eigenvalue weighted by Gasteiger charge is -2.16. The zero-order chi connectivity index (χ0) is 14.3. The topological polar surface area (TPSA) is 53.3 Å². The summed E-state index contributed by atoms with van der Waals surface area (Å²) in [4.78, 5) is 13.2. The second-order valence-electron chi connectivity index (χ2n) is 4.86. The van der Waals surface area contributed by atoms with Crippen molar-refractivity contribution >= 4 is 5.78 Å². The summed E-state index contributed by atoms with van der Waals surface area (Å²) in [6.45, 7) is 4.96. The molecule has 4 heteroatoms. The predicted molar refractivity (Wildman–Crippen MR) is 73.8 cm³/mol. The Hall–Kier alpha value is -1.86. The van der Waals surface area contributed by atoms with Crippen LogP contribution in [0.5, 0.6) is 5.75 Å². The summed E-state index contributed by atoms with van der Waals surface area (Å²) < 4.78 is 5.57. The average Bonchev–Trinajstić information content (AvgIpc) is 2.31. The van der Waals surface area contributed by atoms with Crippen molar-refractivity contribution in [2.75, 3.05) is 13.6 Å². The predicted octanol–water partition coefficient (Wildman–Crippen LogP) is 2.39. The van der Waals surface area contributed by atoms with Gasteiger partial charge in [-0.15, -0.1) is 0 Å². The maximum absolute atomic E-state index is 11.3. The fraction of sp³-hybridized carbons (Fsp3) is 0.467. The molecule has 0 fully saturated rings. The molecule has 0 atom stereocenters. The molecule has 0 radical (unpaired) electrons. The first-order chi connectivity index (χ1) is 9.01. The van der Waals surface area contributed by atoms with Gasteiger partial charge in [-0.3, -0.25) is 9.69 Å². The molecule has 19 heavy (non-hydrogen) atoms. The van der Waals surface area contributed by atoms with Gasteiger partial charge in [0.25, 0.3) is 0 Å². The Labute approximate surface area is 114 Å². The van der Waals surface area contributed by atoms with Crippen LogP contribution in [0.2, 0.25) is 0 Å². The van der Waals surface area contributed by atoms with Crippen molar-refractivity contribution in [2.45, 2.75) is 32.9 Å². The van der Waals surface area contributed by atoms with Crippen LogP contribution in [0.1, 0.15) is 25.8 Å². The van der Waals surface area contributed by atoms with Crippen LogP contribution in [0.25, 0.3) is 0 Å². The molecule has 0 aliphatic carbocycles. The van der Waals surface area contributed by atoms with Crippen LogP contribution in [0, 0.1) is 11.3 Å². The molecule has 0 unspecified atom stereocenters. The van der Waals surface area contributed by atoms with Crippen LogP contribution in [0.4, 0.5) is 0 Å². The van der Waals surface area contributed by atoms with E-state index in [2.05, 4.69) is 0 Å². The van der Waals surface area contributed by atoms with E-state index < -0.39 is 0 Å². The van der Waals surface area contributed by atoms with Crippen LogP contribution in [-0.4, -0.2) is 30.4 Å². The largest absolute Gasteiger partial charge is 0.491 e. The summed E-state index contributed by atoms with van der Waals surface area (Å²) in [5.74, 6) is 0.798. The highest BCUT2D eigenvalue weighted by Crippen LogP contribution is 2.14. The van der Waals surface area contributed by atoms with Crippen LogP contribution >= 0.6 is 0 Å². The summed E-state index contributed by atoms with van der Waals surface area (Å²) in [5.41, 5.74) is 1.11. The van der Waals surface area contributed by atoms with Gasteiger partial charge < -0.3 is 4.74 Å². The van der Waals surface area contributed by atoms with Gasteiger partial charge in [-0.25, -0.2) is 0 Å². The zero-order valence-electron chi connectivity index (χ0n) is 11.7. The molecule has 102 valence electrons. The summed E-state index contributed by atoms with van der Waals surface area (Å²) in [7, 11) is 1.87. The van der Waals surface area contributed by atoms with Crippen LogP contribution in [0.15, 0.2) is 24.3 Å². The SMILES string of the molecule is CC(C)Oc1ccc(CN(C)CC(=O)CC#N)cc1. The summed E-state index contributed by atoms with van der Waals surface area (Å²) in [6.07, 6.45) is 0.142. The van der Waals surface area contributed by atoms with Crippen molar-refractivity contribution in [1.82, 2.24) is 4.90 Å². The first kappa shape index (κ1) is 15.2. The van der Waals surface area contributed by atoms with Gasteiger partial charge in [0.1, 0.15) is 5.75 Å². The molecule has 0 spiro atoms. The highest BCUT2D eigenvalue weighted by molar-refractivity contribution is 5.82. The number of hydrogen-bond acceptors (Lipinski definition) is 4. The maximum Gasteiger partial charge on any atom is 0.160 e. The van der Waals surface area contributed by atoms with E-state index in [-0.39, 0.29) is 18.3 Å². The Balaban J connectivity index is 2.49. The number of ketones is 1. The number of carbonyl (C=O) groups is 1. The second-order valence-corrected chi connectivity index (χ2v) is 4.86. The second kappa shape index (κ2) is 7.55. The first-order valence-corrected chi connectivity index (χ1v) is 6.34. The number of likely N-dealkylation sites (N-methyl/N-ethyl adjacent to an activating group) is 1. The number of rotatable bonds is 7. The van der Waals surface area contributed by atoms with Crippen molar-refractivity contribution in [1.29, 1.82) is 5.26 Å². The smallest absolute Gasteiger partial charge is 0.160 e. The third-order valence-electron chi connectivity index (χ3n) is 2.47. The molecule has 0 aliphatic rings. The molecule has 4 nitrogen and oxygen atoms in total. The molecule has 0 N–H and O–H groups in total. The van der Waals surface area contributed by atoms with E-state index in [0.29, 0.717) is 13.1 Å². The van der Waals surface area contributed by atoms with Crippen LogP contribution in [0.3, 0.4) is 0 Å². The van der Waals surface area contributed by atoms with Gasteiger partial charge >= 0.3 is 0 Å². The Morgan fingerprint density at radius 1 is 1.37 bits per heavy atom. The van der Waals surface area contributed by atoms with E-state index in [0.717, 1.165) is 11.3 Å². The first-order valence-electron chi connectivity index (χ1n) is 6.34. The average molecular weight is 260 g/mol. The van der Waals surface area contributed by atoms with Gasteiger partial charge in [0, 0.05) is 6.54 Å². The molecule has 0 saturated heterocycles. The van der Waals surface area contributed by atoms with Crippen molar-refractivity contribution in [3.8, 4) is 11.8 Å². The van der Waals surface area contributed by atoms with E-state index in [1.165, 1.54) is 0 Å². The number of nitriles is 1. The highest BCUT2D eigenvalue weighted by atomic mass is 16.5. The number of benzene rings is 1. The van der Waals surface area contributed by atoms with Crippen molar-refractivity contribution in [3.05, 3.63) is 29.8 Å². The minimum Gasteiger partial charge on any atom is -0.491 e. The van der Waals surface area contributed by atoms with Gasteiger partial charge in [0.05, 0.1) is 25.1 Å². The number of hydrogen-bond donors (Lipinski definition) is 0. The molecule has 0 heterocycles. The lowest BCUT2D eigenvalue weighted by molar-refractivity contribution is -0.119.